The monoisotopic (exact) mass is 212 g/mol. The second-order valence-electron chi connectivity index (χ2n) is 4.03. The molecule has 76 valence electrons. The molecule has 14 heavy (non-hydrogen) atoms. The standard InChI is InChI=1S/C10H13ClN2O/c1-10(14)5-13(6-10)9-7(11)3-2-4-8(9)12/h2-4,14H,5-6,12H2,1H3. The van der Waals surface area contributed by atoms with Crippen molar-refractivity contribution in [2.24, 2.45) is 0 Å². The molecular weight excluding hydrogens is 200 g/mol. The van der Waals surface area contributed by atoms with Gasteiger partial charge in [-0.3, -0.25) is 0 Å². The summed E-state index contributed by atoms with van der Waals surface area (Å²) in [6.45, 7) is 2.97. The van der Waals surface area contributed by atoms with Crippen LogP contribution in [0, 0.1) is 0 Å². The number of hydrogen-bond donors (Lipinski definition) is 2. The lowest BCUT2D eigenvalue weighted by Gasteiger charge is -2.46. The summed E-state index contributed by atoms with van der Waals surface area (Å²) >= 11 is 6.03. The topological polar surface area (TPSA) is 49.5 Å². The minimum absolute atomic E-state index is 0.584. The Morgan fingerprint density at radius 3 is 2.64 bits per heavy atom. The number of nitrogen functional groups attached to an aromatic ring is 1. The van der Waals surface area contributed by atoms with Crippen molar-refractivity contribution in [2.75, 3.05) is 23.7 Å². The average Bonchev–Trinajstić information content (AvgIpc) is 2.00. The Morgan fingerprint density at radius 2 is 2.14 bits per heavy atom. The number of nitrogens with two attached hydrogens (primary N) is 1. The zero-order chi connectivity index (χ0) is 10.3. The maximum Gasteiger partial charge on any atom is 0.0967 e. The van der Waals surface area contributed by atoms with E-state index in [1.807, 2.05) is 17.0 Å². The van der Waals surface area contributed by atoms with Crippen LogP contribution in [0.15, 0.2) is 18.2 Å². The highest BCUT2D eigenvalue weighted by Gasteiger charge is 2.38. The summed E-state index contributed by atoms with van der Waals surface area (Å²) in [6.07, 6.45) is 0. The van der Waals surface area contributed by atoms with E-state index >= 15 is 0 Å². The van der Waals surface area contributed by atoms with Gasteiger partial charge in [0.2, 0.25) is 0 Å². The summed E-state index contributed by atoms with van der Waals surface area (Å²) in [4.78, 5) is 1.98. The Kier molecular flexibility index (Phi) is 2.09. The Labute approximate surface area is 88.1 Å². The lowest BCUT2D eigenvalue weighted by atomic mass is 9.96. The number of rotatable bonds is 1. The molecule has 1 aromatic rings. The number of anilines is 2. The summed E-state index contributed by atoms with van der Waals surface area (Å²) in [7, 11) is 0. The summed E-state index contributed by atoms with van der Waals surface area (Å²) in [6, 6.07) is 5.44. The predicted octanol–water partition coefficient (Wildman–Crippen LogP) is 1.49. The first kappa shape index (κ1) is 9.62. The van der Waals surface area contributed by atoms with E-state index in [2.05, 4.69) is 0 Å². The molecule has 1 fully saturated rings. The Balaban J connectivity index is 2.26. The highest BCUT2D eigenvalue weighted by atomic mass is 35.5. The van der Waals surface area contributed by atoms with Gasteiger partial charge in [0.15, 0.2) is 0 Å². The van der Waals surface area contributed by atoms with E-state index in [0.29, 0.717) is 23.8 Å². The average molecular weight is 213 g/mol. The van der Waals surface area contributed by atoms with Crippen molar-refractivity contribution in [1.29, 1.82) is 0 Å². The first-order valence-electron chi connectivity index (χ1n) is 4.51. The van der Waals surface area contributed by atoms with Crippen molar-refractivity contribution in [3.05, 3.63) is 23.2 Å². The van der Waals surface area contributed by atoms with Crippen LogP contribution in [0.1, 0.15) is 6.92 Å². The molecule has 4 heteroatoms. The molecule has 1 saturated heterocycles. The van der Waals surface area contributed by atoms with E-state index in [1.54, 1.807) is 13.0 Å². The maximum absolute atomic E-state index is 9.60. The molecule has 0 radical (unpaired) electrons. The van der Waals surface area contributed by atoms with E-state index in [-0.39, 0.29) is 0 Å². The molecule has 3 nitrogen and oxygen atoms in total. The van der Waals surface area contributed by atoms with Crippen molar-refractivity contribution in [3.8, 4) is 0 Å². The summed E-state index contributed by atoms with van der Waals surface area (Å²) in [5, 5.41) is 10.2. The van der Waals surface area contributed by atoms with E-state index in [1.165, 1.54) is 0 Å². The van der Waals surface area contributed by atoms with Crippen LogP contribution in [-0.2, 0) is 0 Å². The molecule has 1 heterocycles. The first-order chi connectivity index (χ1) is 6.49. The number of halogens is 1. The van der Waals surface area contributed by atoms with Gasteiger partial charge in [-0.15, -0.1) is 0 Å². The molecule has 3 N–H and O–H groups in total. The smallest absolute Gasteiger partial charge is 0.0967 e. The fourth-order valence-corrected chi connectivity index (χ4v) is 2.10. The molecule has 0 spiro atoms. The SMILES string of the molecule is CC1(O)CN(c2c(N)cccc2Cl)C1. The maximum atomic E-state index is 9.60. The van der Waals surface area contributed by atoms with Crippen LogP contribution in [0.2, 0.25) is 5.02 Å². The molecular formula is C10H13ClN2O. The van der Waals surface area contributed by atoms with E-state index in [4.69, 9.17) is 17.3 Å². The minimum atomic E-state index is -0.606. The van der Waals surface area contributed by atoms with Crippen LogP contribution in [0.25, 0.3) is 0 Å². The molecule has 1 aliphatic rings. The Bertz CT molecular complexity index is 337. The van der Waals surface area contributed by atoms with Crippen LogP contribution in [0.3, 0.4) is 0 Å². The molecule has 1 aromatic carbocycles. The van der Waals surface area contributed by atoms with E-state index < -0.39 is 5.60 Å². The van der Waals surface area contributed by atoms with Gasteiger partial charge in [0.1, 0.15) is 0 Å². The third-order valence-electron chi connectivity index (χ3n) is 2.40. The van der Waals surface area contributed by atoms with Crippen LogP contribution >= 0.6 is 11.6 Å². The highest BCUT2D eigenvalue weighted by molar-refractivity contribution is 6.34. The second kappa shape index (κ2) is 3.04. The molecule has 1 aliphatic heterocycles. The van der Waals surface area contributed by atoms with Gasteiger partial charge in [-0.1, -0.05) is 17.7 Å². The van der Waals surface area contributed by atoms with Crippen molar-refractivity contribution in [1.82, 2.24) is 0 Å². The van der Waals surface area contributed by atoms with Crippen LogP contribution < -0.4 is 10.6 Å². The number of nitrogens with zero attached hydrogens (tertiary/aromatic N) is 1. The van der Waals surface area contributed by atoms with Gasteiger partial charge in [-0.2, -0.15) is 0 Å². The first-order valence-corrected chi connectivity index (χ1v) is 4.89. The van der Waals surface area contributed by atoms with Crippen LogP contribution in [0.5, 0.6) is 0 Å². The van der Waals surface area contributed by atoms with E-state index in [9.17, 15) is 5.11 Å². The molecule has 0 unspecified atom stereocenters. The lowest BCUT2D eigenvalue weighted by molar-refractivity contribution is 0.0311. The number of aliphatic hydroxyl groups is 1. The zero-order valence-corrected chi connectivity index (χ0v) is 8.75. The van der Waals surface area contributed by atoms with Crippen molar-refractivity contribution in [3.63, 3.8) is 0 Å². The van der Waals surface area contributed by atoms with Crippen molar-refractivity contribution in [2.45, 2.75) is 12.5 Å². The molecule has 0 amide bonds. The van der Waals surface area contributed by atoms with Crippen LogP contribution in [0.4, 0.5) is 11.4 Å². The number of benzene rings is 1. The van der Waals surface area contributed by atoms with Crippen molar-refractivity contribution < 1.29 is 5.11 Å². The molecule has 0 bridgehead atoms. The number of hydrogen-bond acceptors (Lipinski definition) is 3. The van der Waals surface area contributed by atoms with E-state index in [0.717, 1.165) is 5.69 Å². The molecule has 0 atom stereocenters. The van der Waals surface area contributed by atoms with Crippen LogP contribution in [-0.4, -0.2) is 23.8 Å². The molecule has 0 aliphatic carbocycles. The molecule has 0 aromatic heterocycles. The van der Waals surface area contributed by atoms with Gasteiger partial charge < -0.3 is 15.7 Å². The minimum Gasteiger partial charge on any atom is -0.397 e. The fourth-order valence-electron chi connectivity index (χ4n) is 1.80. The van der Waals surface area contributed by atoms with Gasteiger partial charge in [0.05, 0.1) is 22.0 Å². The third-order valence-corrected chi connectivity index (χ3v) is 2.70. The lowest BCUT2D eigenvalue weighted by Crippen LogP contribution is -2.60. The van der Waals surface area contributed by atoms with Gasteiger partial charge in [-0.25, -0.2) is 0 Å². The Hall–Kier alpha value is -0.930. The molecule has 0 saturated carbocycles. The van der Waals surface area contributed by atoms with Gasteiger partial charge in [0.25, 0.3) is 0 Å². The fraction of sp³-hybridized carbons (Fsp3) is 0.400. The summed E-state index contributed by atoms with van der Waals surface area (Å²) in [5.41, 5.74) is 6.70. The highest BCUT2D eigenvalue weighted by Crippen LogP contribution is 2.37. The quantitative estimate of drug-likeness (QED) is 0.694. The van der Waals surface area contributed by atoms with Gasteiger partial charge >= 0.3 is 0 Å². The summed E-state index contributed by atoms with van der Waals surface area (Å²) in [5.74, 6) is 0. The zero-order valence-electron chi connectivity index (χ0n) is 8.00. The molecule has 2 rings (SSSR count). The Morgan fingerprint density at radius 1 is 1.50 bits per heavy atom. The largest absolute Gasteiger partial charge is 0.397 e. The van der Waals surface area contributed by atoms with Crippen molar-refractivity contribution >= 4 is 23.0 Å². The second-order valence-corrected chi connectivity index (χ2v) is 4.44. The van der Waals surface area contributed by atoms with Gasteiger partial charge in [-0.05, 0) is 19.1 Å². The number of β-amino-alcohol motifs (C(OH)–C–C–N with tert-alkyl or cyclic N) is 1. The summed E-state index contributed by atoms with van der Waals surface area (Å²) < 4.78 is 0. The van der Waals surface area contributed by atoms with Gasteiger partial charge in [0, 0.05) is 13.1 Å². The predicted molar refractivity (Wildman–Crippen MR) is 58.7 cm³/mol. The number of para-hydroxylation sites is 1. The third kappa shape index (κ3) is 1.53. The normalized spacial score (nSPS) is 19.2.